The molecule has 152 valence electrons. The first-order chi connectivity index (χ1) is 14.1. The van der Waals surface area contributed by atoms with E-state index in [0.717, 1.165) is 11.3 Å². The summed E-state index contributed by atoms with van der Waals surface area (Å²) in [5, 5.41) is 10.5. The molecule has 0 bridgehead atoms. The predicted octanol–water partition coefficient (Wildman–Crippen LogP) is 3.72. The Hall–Kier alpha value is -3.55. The molecule has 0 saturated carbocycles. The zero-order valence-corrected chi connectivity index (χ0v) is 16.6. The molecule has 0 spiro atoms. The van der Waals surface area contributed by atoms with Crippen LogP contribution in [0.1, 0.15) is 19.4 Å². The molecular formula is C21H23N3O5. The number of anilines is 1. The quantitative estimate of drug-likeness (QED) is 0.588. The van der Waals surface area contributed by atoms with Gasteiger partial charge < -0.3 is 18.6 Å². The van der Waals surface area contributed by atoms with Gasteiger partial charge in [0.25, 0.3) is 0 Å². The van der Waals surface area contributed by atoms with Crippen molar-refractivity contribution in [2.24, 2.45) is 0 Å². The molecular weight excluding hydrogens is 374 g/mol. The Morgan fingerprint density at radius 1 is 1.00 bits per heavy atom. The van der Waals surface area contributed by atoms with Gasteiger partial charge in [0.1, 0.15) is 5.75 Å². The molecule has 0 unspecified atom stereocenters. The molecule has 8 heteroatoms. The number of amides is 1. The van der Waals surface area contributed by atoms with Gasteiger partial charge in [-0.2, -0.15) is 0 Å². The summed E-state index contributed by atoms with van der Waals surface area (Å²) in [7, 11) is 1.59. The second-order valence-corrected chi connectivity index (χ2v) is 6.01. The summed E-state index contributed by atoms with van der Waals surface area (Å²) < 4.78 is 21.9. The summed E-state index contributed by atoms with van der Waals surface area (Å²) >= 11 is 0. The van der Waals surface area contributed by atoms with Crippen molar-refractivity contribution in [3.8, 4) is 28.7 Å². The van der Waals surface area contributed by atoms with Gasteiger partial charge in [0.05, 0.1) is 26.7 Å². The molecule has 1 aromatic heterocycles. The van der Waals surface area contributed by atoms with E-state index in [1.54, 1.807) is 37.4 Å². The predicted molar refractivity (Wildman–Crippen MR) is 107 cm³/mol. The number of carbonyl (C=O) groups is 1. The van der Waals surface area contributed by atoms with Crippen LogP contribution in [0, 0.1) is 0 Å². The van der Waals surface area contributed by atoms with Crippen LogP contribution in [0.2, 0.25) is 0 Å². The maximum atomic E-state index is 12.2. The normalized spacial score (nSPS) is 10.4. The number of methoxy groups -OCH3 is 1. The van der Waals surface area contributed by atoms with Crippen LogP contribution >= 0.6 is 0 Å². The lowest BCUT2D eigenvalue weighted by Gasteiger charge is -2.11. The van der Waals surface area contributed by atoms with E-state index in [1.165, 1.54) is 0 Å². The van der Waals surface area contributed by atoms with Crippen LogP contribution in [-0.2, 0) is 11.2 Å². The van der Waals surface area contributed by atoms with Crippen LogP contribution in [0.15, 0.2) is 46.9 Å². The molecule has 0 fully saturated rings. The first kappa shape index (κ1) is 20.2. The summed E-state index contributed by atoms with van der Waals surface area (Å²) in [4.78, 5) is 12.2. The highest BCUT2D eigenvalue weighted by Gasteiger charge is 2.14. The SMILES string of the molecule is CCOc1ccc(-c2nnc(NC(=O)Cc3ccc(OC)cc3)o2)cc1OCC. The monoisotopic (exact) mass is 397 g/mol. The van der Waals surface area contributed by atoms with Crippen LogP contribution in [0.5, 0.6) is 17.2 Å². The van der Waals surface area contributed by atoms with Gasteiger partial charge in [0.15, 0.2) is 11.5 Å². The second kappa shape index (κ2) is 9.59. The van der Waals surface area contributed by atoms with Crippen molar-refractivity contribution < 1.29 is 23.4 Å². The molecule has 0 aliphatic heterocycles. The number of ether oxygens (including phenoxy) is 3. The molecule has 1 heterocycles. The van der Waals surface area contributed by atoms with Gasteiger partial charge in [-0.1, -0.05) is 17.2 Å². The third kappa shape index (κ3) is 5.25. The van der Waals surface area contributed by atoms with Crippen LogP contribution < -0.4 is 19.5 Å². The lowest BCUT2D eigenvalue weighted by atomic mass is 10.1. The average Bonchev–Trinajstić information content (AvgIpc) is 3.18. The fraction of sp³-hybridized carbons (Fsp3) is 0.286. The number of nitrogens with zero attached hydrogens (tertiary/aromatic N) is 2. The Morgan fingerprint density at radius 3 is 2.41 bits per heavy atom. The minimum Gasteiger partial charge on any atom is -0.497 e. The van der Waals surface area contributed by atoms with Crippen LogP contribution in [-0.4, -0.2) is 36.4 Å². The van der Waals surface area contributed by atoms with Gasteiger partial charge in [0.2, 0.25) is 11.8 Å². The van der Waals surface area contributed by atoms with Gasteiger partial charge in [-0.3, -0.25) is 10.1 Å². The number of hydrogen-bond acceptors (Lipinski definition) is 7. The molecule has 3 rings (SSSR count). The smallest absolute Gasteiger partial charge is 0.322 e. The fourth-order valence-corrected chi connectivity index (χ4v) is 2.67. The highest BCUT2D eigenvalue weighted by atomic mass is 16.5. The largest absolute Gasteiger partial charge is 0.497 e. The van der Waals surface area contributed by atoms with Gasteiger partial charge in [-0.05, 0) is 49.7 Å². The Labute approximate surface area is 168 Å². The maximum Gasteiger partial charge on any atom is 0.322 e. The number of benzene rings is 2. The molecule has 0 aliphatic carbocycles. The molecule has 1 N–H and O–H groups in total. The van der Waals surface area contributed by atoms with Crippen molar-refractivity contribution in [2.45, 2.75) is 20.3 Å². The Morgan fingerprint density at radius 2 is 1.72 bits per heavy atom. The first-order valence-electron chi connectivity index (χ1n) is 9.29. The molecule has 29 heavy (non-hydrogen) atoms. The number of aromatic nitrogens is 2. The van der Waals surface area contributed by atoms with E-state index in [9.17, 15) is 4.79 Å². The highest BCUT2D eigenvalue weighted by molar-refractivity contribution is 5.90. The van der Waals surface area contributed by atoms with Gasteiger partial charge in [-0.25, -0.2) is 0 Å². The summed E-state index contributed by atoms with van der Waals surface area (Å²) in [6, 6.07) is 12.6. The summed E-state index contributed by atoms with van der Waals surface area (Å²) in [5.41, 5.74) is 1.51. The van der Waals surface area contributed by atoms with E-state index in [-0.39, 0.29) is 24.2 Å². The zero-order valence-electron chi connectivity index (χ0n) is 16.6. The van der Waals surface area contributed by atoms with E-state index in [1.807, 2.05) is 26.0 Å². The minimum absolute atomic E-state index is 0.0327. The van der Waals surface area contributed by atoms with Gasteiger partial charge >= 0.3 is 6.01 Å². The van der Waals surface area contributed by atoms with E-state index < -0.39 is 0 Å². The van der Waals surface area contributed by atoms with Crippen molar-refractivity contribution in [2.75, 3.05) is 25.6 Å². The first-order valence-corrected chi connectivity index (χ1v) is 9.29. The fourth-order valence-electron chi connectivity index (χ4n) is 2.67. The van der Waals surface area contributed by atoms with E-state index in [0.29, 0.717) is 30.3 Å². The third-order valence-electron chi connectivity index (χ3n) is 3.99. The molecule has 0 saturated heterocycles. The molecule has 0 atom stereocenters. The Kier molecular flexibility index (Phi) is 6.67. The Bertz CT molecular complexity index is 953. The van der Waals surface area contributed by atoms with Crippen molar-refractivity contribution in [1.29, 1.82) is 0 Å². The lowest BCUT2D eigenvalue weighted by molar-refractivity contribution is -0.115. The maximum absolute atomic E-state index is 12.2. The lowest BCUT2D eigenvalue weighted by Crippen LogP contribution is -2.14. The standard InChI is InChI=1S/C21H23N3O5/c1-4-27-17-11-8-15(13-18(17)28-5-2)20-23-24-21(29-20)22-19(25)12-14-6-9-16(26-3)10-7-14/h6-11,13H,4-5,12H2,1-3H3,(H,22,24,25). The Balaban J connectivity index is 1.68. The van der Waals surface area contributed by atoms with Crippen molar-refractivity contribution in [3.63, 3.8) is 0 Å². The topological polar surface area (TPSA) is 95.7 Å². The number of nitrogens with one attached hydrogen (secondary N) is 1. The molecule has 0 aliphatic rings. The van der Waals surface area contributed by atoms with Crippen molar-refractivity contribution in [1.82, 2.24) is 10.2 Å². The number of carbonyl (C=O) groups excluding carboxylic acids is 1. The third-order valence-corrected chi connectivity index (χ3v) is 3.99. The average molecular weight is 397 g/mol. The van der Waals surface area contributed by atoms with Crippen molar-refractivity contribution in [3.05, 3.63) is 48.0 Å². The van der Waals surface area contributed by atoms with Crippen LogP contribution in [0.4, 0.5) is 6.01 Å². The molecule has 3 aromatic rings. The van der Waals surface area contributed by atoms with E-state index in [4.69, 9.17) is 18.6 Å². The number of rotatable bonds is 9. The molecule has 8 nitrogen and oxygen atoms in total. The van der Waals surface area contributed by atoms with Crippen molar-refractivity contribution >= 4 is 11.9 Å². The molecule has 0 radical (unpaired) electrons. The van der Waals surface area contributed by atoms with Gasteiger partial charge in [0, 0.05) is 5.56 Å². The summed E-state index contributed by atoms with van der Waals surface area (Å²) in [5.74, 6) is 1.99. The van der Waals surface area contributed by atoms with E-state index >= 15 is 0 Å². The number of hydrogen-bond donors (Lipinski definition) is 1. The minimum atomic E-state index is -0.257. The van der Waals surface area contributed by atoms with E-state index in [2.05, 4.69) is 15.5 Å². The zero-order chi connectivity index (χ0) is 20.6. The second-order valence-electron chi connectivity index (χ2n) is 6.01. The van der Waals surface area contributed by atoms with Crippen LogP contribution in [0.3, 0.4) is 0 Å². The summed E-state index contributed by atoms with van der Waals surface area (Å²) in [6.07, 6.45) is 0.180. The summed E-state index contributed by atoms with van der Waals surface area (Å²) in [6.45, 7) is 4.83. The molecule has 2 aromatic carbocycles. The molecule has 1 amide bonds. The van der Waals surface area contributed by atoms with Crippen LogP contribution in [0.25, 0.3) is 11.5 Å². The highest BCUT2D eigenvalue weighted by Crippen LogP contribution is 2.32. The van der Waals surface area contributed by atoms with Gasteiger partial charge in [-0.15, -0.1) is 5.10 Å².